The van der Waals surface area contributed by atoms with Gasteiger partial charge in [0.25, 0.3) is 0 Å². The summed E-state index contributed by atoms with van der Waals surface area (Å²) in [5.74, 6) is 0. The van der Waals surface area contributed by atoms with Crippen LogP contribution >= 0.6 is 0 Å². The van der Waals surface area contributed by atoms with Crippen LogP contribution in [0.4, 0.5) is 13.2 Å². The molecule has 0 aromatic carbocycles. The molecule has 0 aliphatic heterocycles. The van der Waals surface area contributed by atoms with E-state index < -0.39 is 11.7 Å². The van der Waals surface area contributed by atoms with Crippen molar-refractivity contribution < 1.29 is 13.2 Å². The van der Waals surface area contributed by atoms with E-state index in [4.69, 9.17) is 0 Å². The Kier molecular flexibility index (Phi) is 3.25. The van der Waals surface area contributed by atoms with Crippen LogP contribution in [0.1, 0.15) is 18.1 Å². The average molecular weight is 258 g/mol. The molecule has 2 heterocycles. The van der Waals surface area contributed by atoms with E-state index >= 15 is 0 Å². The molecule has 7 heteroatoms. The van der Waals surface area contributed by atoms with Crippen molar-refractivity contribution in [3.63, 3.8) is 0 Å². The van der Waals surface area contributed by atoms with Crippen LogP contribution in [-0.4, -0.2) is 27.7 Å². The lowest BCUT2D eigenvalue weighted by molar-refractivity contribution is -0.138. The van der Waals surface area contributed by atoms with Crippen molar-refractivity contribution >= 4 is 5.65 Å². The highest BCUT2D eigenvalue weighted by atomic mass is 19.4. The Morgan fingerprint density at radius 3 is 2.72 bits per heavy atom. The van der Waals surface area contributed by atoms with Gasteiger partial charge in [0.1, 0.15) is 0 Å². The highest BCUT2D eigenvalue weighted by Crippen LogP contribution is 2.28. The number of hydrogen-bond acceptors (Lipinski definition) is 3. The molecule has 2 aromatic rings. The third kappa shape index (κ3) is 2.45. The van der Waals surface area contributed by atoms with E-state index in [2.05, 4.69) is 15.4 Å². The van der Waals surface area contributed by atoms with Gasteiger partial charge in [-0.25, -0.2) is 9.50 Å². The van der Waals surface area contributed by atoms with Crippen molar-refractivity contribution in [2.45, 2.75) is 25.6 Å². The van der Waals surface area contributed by atoms with Crippen LogP contribution in [-0.2, 0) is 12.6 Å². The predicted molar refractivity (Wildman–Crippen MR) is 60.2 cm³/mol. The first-order valence-corrected chi connectivity index (χ1v) is 5.48. The Balaban J connectivity index is 2.38. The van der Waals surface area contributed by atoms with Gasteiger partial charge in [0.05, 0.1) is 11.8 Å². The van der Waals surface area contributed by atoms with Crippen LogP contribution in [0.15, 0.2) is 18.6 Å². The minimum absolute atomic E-state index is 0.210. The van der Waals surface area contributed by atoms with Crippen molar-refractivity contribution in [3.05, 3.63) is 29.7 Å². The summed E-state index contributed by atoms with van der Waals surface area (Å²) in [5, 5.41) is 6.97. The molecule has 2 rings (SSSR count). The number of alkyl halides is 3. The van der Waals surface area contributed by atoms with E-state index in [1.165, 1.54) is 4.52 Å². The highest BCUT2D eigenvalue weighted by Gasteiger charge is 2.31. The molecule has 0 fully saturated rings. The fourth-order valence-corrected chi connectivity index (χ4v) is 1.65. The number of likely N-dealkylation sites (N-methyl/N-ethyl adjacent to an activating group) is 1. The van der Waals surface area contributed by atoms with E-state index in [1.54, 1.807) is 6.20 Å². The van der Waals surface area contributed by atoms with Crippen LogP contribution in [0.2, 0.25) is 0 Å². The first kappa shape index (κ1) is 12.8. The fraction of sp³-hybridized carbons (Fsp3) is 0.455. The molecule has 0 saturated heterocycles. The molecule has 4 nitrogen and oxygen atoms in total. The van der Waals surface area contributed by atoms with Gasteiger partial charge in [-0.2, -0.15) is 18.3 Å². The van der Waals surface area contributed by atoms with Crippen molar-refractivity contribution in [2.75, 3.05) is 7.05 Å². The largest absolute Gasteiger partial charge is 0.419 e. The molecule has 0 saturated carbocycles. The molecule has 0 aliphatic rings. The third-order valence-electron chi connectivity index (χ3n) is 2.78. The van der Waals surface area contributed by atoms with Gasteiger partial charge in [-0.3, -0.25) is 0 Å². The minimum Gasteiger partial charge on any atom is -0.317 e. The Hall–Kier alpha value is -1.63. The SMILES string of the molecule is CNC(C)Cc1cnn2cc(C(F)(F)F)cnc12. The molecule has 0 amide bonds. The Labute approximate surface area is 102 Å². The first-order chi connectivity index (χ1) is 8.41. The zero-order chi connectivity index (χ0) is 13.3. The van der Waals surface area contributed by atoms with Gasteiger partial charge >= 0.3 is 6.18 Å². The number of nitrogens with zero attached hydrogens (tertiary/aromatic N) is 3. The topological polar surface area (TPSA) is 42.2 Å². The molecule has 98 valence electrons. The van der Waals surface area contributed by atoms with Gasteiger partial charge in [0.2, 0.25) is 0 Å². The number of rotatable bonds is 3. The van der Waals surface area contributed by atoms with E-state index in [0.29, 0.717) is 12.1 Å². The summed E-state index contributed by atoms with van der Waals surface area (Å²) < 4.78 is 38.7. The molecule has 18 heavy (non-hydrogen) atoms. The highest BCUT2D eigenvalue weighted by molar-refractivity contribution is 5.46. The molecular formula is C11H13F3N4. The zero-order valence-electron chi connectivity index (χ0n) is 9.99. The van der Waals surface area contributed by atoms with E-state index in [1.807, 2.05) is 14.0 Å². The van der Waals surface area contributed by atoms with Crippen LogP contribution in [0.5, 0.6) is 0 Å². The first-order valence-electron chi connectivity index (χ1n) is 5.48. The van der Waals surface area contributed by atoms with Crippen molar-refractivity contribution in [3.8, 4) is 0 Å². The molecule has 1 unspecified atom stereocenters. The molecule has 1 atom stereocenters. The van der Waals surface area contributed by atoms with E-state index in [9.17, 15) is 13.2 Å². The summed E-state index contributed by atoms with van der Waals surface area (Å²) >= 11 is 0. The molecule has 0 radical (unpaired) electrons. The maximum Gasteiger partial charge on any atom is 0.419 e. The summed E-state index contributed by atoms with van der Waals surface area (Å²) in [5.41, 5.74) is 0.488. The lowest BCUT2D eigenvalue weighted by Crippen LogP contribution is -2.23. The molecule has 0 aliphatic carbocycles. The average Bonchev–Trinajstić information content (AvgIpc) is 2.70. The third-order valence-corrected chi connectivity index (χ3v) is 2.78. The molecule has 0 spiro atoms. The Morgan fingerprint density at radius 1 is 1.39 bits per heavy atom. The molecule has 1 N–H and O–H groups in total. The second-order valence-corrected chi connectivity index (χ2v) is 4.17. The predicted octanol–water partition coefficient (Wildman–Crippen LogP) is 1.90. The number of nitrogens with one attached hydrogen (secondary N) is 1. The monoisotopic (exact) mass is 258 g/mol. The van der Waals surface area contributed by atoms with Crippen LogP contribution in [0.25, 0.3) is 5.65 Å². The van der Waals surface area contributed by atoms with E-state index in [-0.39, 0.29) is 6.04 Å². The number of hydrogen-bond donors (Lipinski definition) is 1. The molecule has 2 aromatic heterocycles. The van der Waals surface area contributed by atoms with Crippen molar-refractivity contribution in [1.29, 1.82) is 0 Å². The van der Waals surface area contributed by atoms with Gasteiger partial charge in [0, 0.05) is 24.0 Å². The minimum atomic E-state index is -4.40. The number of fused-ring (bicyclic) bond motifs is 1. The normalized spacial score (nSPS) is 14.1. The van der Waals surface area contributed by atoms with E-state index in [0.717, 1.165) is 18.0 Å². The maximum absolute atomic E-state index is 12.5. The smallest absolute Gasteiger partial charge is 0.317 e. The van der Waals surface area contributed by atoms with Crippen LogP contribution in [0, 0.1) is 0 Å². The van der Waals surface area contributed by atoms with Crippen molar-refractivity contribution in [1.82, 2.24) is 19.9 Å². The second kappa shape index (κ2) is 4.56. The lowest BCUT2D eigenvalue weighted by Gasteiger charge is -2.08. The van der Waals surface area contributed by atoms with Gasteiger partial charge in [0.15, 0.2) is 5.65 Å². The van der Waals surface area contributed by atoms with Crippen LogP contribution in [0.3, 0.4) is 0 Å². The van der Waals surface area contributed by atoms with Gasteiger partial charge in [-0.1, -0.05) is 0 Å². The fourth-order valence-electron chi connectivity index (χ4n) is 1.65. The summed E-state index contributed by atoms with van der Waals surface area (Å²) in [6.07, 6.45) is -0.388. The Bertz CT molecular complexity index is 547. The van der Waals surface area contributed by atoms with Crippen molar-refractivity contribution in [2.24, 2.45) is 0 Å². The molecule has 0 bridgehead atoms. The van der Waals surface area contributed by atoms with Gasteiger partial charge < -0.3 is 5.32 Å². The van der Waals surface area contributed by atoms with Crippen LogP contribution < -0.4 is 5.32 Å². The lowest BCUT2D eigenvalue weighted by atomic mass is 10.1. The summed E-state index contributed by atoms with van der Waals surface area (Å²) in [6.45, 7) is 1.98. The quantitative estimate of drug-likeness (QED) is 0.914. The molecular weight excluding hydrogens is 245 g/mol. The van der Waals surface area contributed by atoms with Gasteiger partial charge in [-0.05, 0) is 20.4 Å². The van der Waals surface area contributed by atoms with Gasteiger partial charge in [-0.15, -0.1) is 0 Å². The summed E-state index contributed by atoms with van der Waals surface area (Å²) in [4.78, 5) is 3.85. The number of halogens is 3. The Morgan fingerprint density at radius 2 is 2.11 bits per heavy atom. The maximum atomic E-state index is 12.5. The standard InChI is InChI=1S/C11H13F3N4/c1-7(15-2)3-8-4-17-18-6-9(11(12,13)14)5-16-10(8)18/h4-7,15H,3H2,1-2H3. The summed E-state index contributed by atoms with van der Waals surface area (Å²) in [7, 11) is 1.82. The second-order valence-electron chi connectivity index (χ2n) is 4.17. The summed E-state index contributed by atoms with van der Waals surface area (Å²) in [6, 6.07) is 0.210. The zero-order valence-corrected chi connectivity index (χ0v) is 9.99. The number of aromatic nitrogens is 3.